The van der Waals surface area contributed by atoms with Gasteiger partial charge in [-0.1, -0.05) is 7.43 Å². The Hall–Kier alpha value is -1.30. The number of carboxylic acid groups (broad SMARTS) is 2. The number of carbonyl (C=O) groups is 2. The zero-order valence-electron chi connectivity index (χ0n) is 16.3. The van der Waals surface area contributed by atoms with Crippen LogP contribution in [0.5, 0.6) is 0 Å². The maximum atomic E-state index is 9.00. The zero-order chi connectivity index (χ0) is 19.0. The fraction of sp³-hybridized carbons (Fsp3) is 0.867. The third-order valence-electron chi connectivity index (χ3n) is 1.54. The predicted octanol–water partition coefficient (Wildman–Crippen LogP) is -2.80. The van der Waals surface area contributed by atoms with E-state index in [-0.39, 0.29) is 31.6 Å². The van der Waals surface area contributed by atoms with Crippen molar-refractivity contribution in [1.82, 2.24) is 0 Å². The van der Waals surface area contributed by atoms with E-state index in [0.29, 0.717) is 0 Å². The zero-order valence-corrected chi connectivity index (χ0v) is 16.3. The average molecular weight is 380 g/mol. The SMILES string of the molecule is C.CC(=O)O.CC(=O)[O-].C[N+](C)(C)CCO.C[N+](C)(C)CCO.O.O. The molecule has 25 heavy (non-hydrogen) atoms. The van der Waals surface area contributed by atoms with Crippen molar-refractivity contribution >= 4 is 11.9 Å². The monoisotopic (exact) mass is 379 g/mol. The smallest absolute Gasteiger partial charge is 0.300 e. The minimum Gasteiger partial charge on any atom is -0.550 e. The number of aliphatic hydroxyl groups excluding tert-OH is 2. The Kier molecular flexibility index (Phi) is 43.7. The number of aliphatic carboxylic acids is 2. The molecule has 10 nitrogen and oxygen atoms in total. The van der Waals surface area contributed by atoms with Crippen LogP contribution in [0.4, 0.5) is 0 Å². The minimum absolute atomic E-state index is 0. The van der Waals surface area contributed by atoms with E-state index in [1.165, 1.54) is 0 Å². The summed E-state index contributed by atoms with van der Waals surface area (Å²) < 4.78 is 1.69. The van der Waals surface area contributed by atoms with E-state index >= 15 is 0 Å². The van der Waals surface area contributed by atoms with Crippen molar-refractivity contribution in [2.45, 2.75) is 21.3 Å². The van der Waals surface area contributed by atoms with Crippen molar-refractivity contribution in [2.24, 2.45) is 0 Å². The molecule has 10 heteroatoms. The maximum absolute atomic E-state index is 9.00. The van der Waals surface area contributed by atoms with Crippen LogP contribution in [0, 0.1) is 0 Å². The van der Waals surface area contributed by atoms with Crippen molar-refractivity contribution in [1.29, 1.82) is 0 Å². The molecule has 0 atom stereocenters. The van der Waals surface area contributed by atoms with E-state index in [9.17, 15) is 0 Å². The van der Waals surface area contributed by atoms with E-state index in [1.807, 2.05) is 0 Å². The molecule has 0 saturated heterocycles. The topological polar surface area (TPSA) is 181 Å². The summed E-state index contributed by atoms with van der Waals surface area (Å²) in [5.41, 5.74) is 0. The molecular weight excluding hydrogens is 336 g/mol. The van der Waals surface area contributed by atoms with Gasteiger partial charge < -0.3 is 45.1 Å². The van der Waals surface area contributed by atoms with Crippen LogP contribution in [-0.4, -0.2) is 116 Å². The second-order valence-corrected chi connectivity index (χ2v) is 6.49. The highest BCUT2D eigenvalue weighted by atomic mass is 16.4. The van der Waals surface area contributed by atoms with Gasteiger partial charge >= 0.3 is 0 Å². The van der Waals surface area contributed by atoms with Crippen molar-refractivity contribution in [3.63, 3.8) is 0 Å². The first-order chi connectivity index (χ1) is 9.59. The molecule has 0 radical (unpaired) electrons. The van der Waals surface area contributed by atoms with E-state index in [0.717, 1.165) is 35.9 Å². The second-order valence-electron chi connectivity index (χ2n) is 6.49. The number of hydrogen-bond donors (Lipinski definition) is 3. The Balaban J connectivity index is -0.0000000343. The Morgan fingerprint density at radius 1 is 0.800 bits per heavy atom. The molecule has 0 saturated carbocycles. The largest absolute Gasteiger partial charge is 0.550 e. The first-order valence-corrected chi connectivity index (χ1v) is 6.78. The summed E-state index contributed by atoms with van der Waals surface area (Å²) in [5.74, 6) is -1.92. The summed E-state index contributed by atoms with van der Waals surface area (Å²) >= 11 is 0. The van der Waals surface area contributed by atoms with Crippen LogP contribution in [0.1, 0.15) is 21.3 Å². The number of nitrogens with zero attached hydrogens (tertiary/aromatic N) is 2. The number of carboxylic acids is 2. The van der Waals surface area contributed by atoms with Gasteiger partial charge in [0.15, 0.2) is 0 Å². The van der Waals surface area contributed by atoms with Gasteiger partial charge in [0.25, 0.3) is 5.97 Å². The normalized spacial score (nSPS) is 8.72. The van der Waals surface area contributed by atoms with Gasteiger partial charge in [-0.2, -0.15) is 0 Å². The molecular formula is C15H43N2O8+. The van der Waals surface area contributed by atoms with Gasteiger partial charge in [0.2, 0.25) is 0 Å². The lowest BCUT2D eigenvalue weighted by Gasteiger charge is -2.21. The molecule has 0 unspecified atom stereocenters. The van der Waals surface area contributed by atoms with Gasteiger partial charge in [-0.15, -0.1) is 0 Å². The van der Waals surface area contributed by atoms with Crippen molar-refractivity contribution < 1.29 is 49.9 Å². The van der Waals surface area contributed by atoms with Gasteiger partial charge in [0, 0.05) is 12.9 Å². The third-order valence-corrected chi connectivity index (χ3v) is 1.54. The highest BCUT2D eigenvalue weighted by Gasteiger charge is 2.02. The predicted molar refractivity (Wildman–Crippen MR) is 97.9 cm³/mol. The fourth-order valence-electron chi connectivity index (χ4n) is 0.600. The highest BCUT2D eigenvalue weighted by molar-refractivity contribution is 5.63. The summed E-state index contributed by atoms with van der Waals surface area (Å²) in [5, 5.41) is 33.1. The lowest BCUT2D eigenvalue weighted by atomic mass is 10.5. The van der Waals surface area contributed by atoms with Gasteiger partial charge in [0.05, 0.1) is 55.5 Å². The number of hydrogen-bond acceptors (Lipinski definition) is 5. The summed E-state index contributed by atoms with van der Waals surface area (Å²) in [6.45, 7) is 4.28. The molecule has 0 amide bonds. The fourth-order valence-corrected chi connectivity index (χ4v) is 0.600. The van der Waals surface area contributed by atoms with Crippen LogP contribution >= 0.6 is 0 Å². The van der Waals surface area contributed by atoms with Gasteiger partial charge in [-0.25, -0.2) is 0 Å². The number of aliphatic hydroxyl groups is 2. The molecule has 0 aromatic heterocycles. The summed E-state index contributed by atoms with van der Waals surface area (Å²) in [6.07, 6.45) is 0. The molecule has 0 rings (SSSR count). The molecule has 0 aliphatic carbocycles. The highest BCUT2D eigenvalue weighted by Crippen LogP contribution is 1.85. The molecule has 7 N–H and O–H groups in total. The van der Waals surface area contributed by atoms with Crippen molar-refractivity contribution in [3.8, 4) is 0 Å². The van der Waals surface area contributed by atoms with Gasteiger partial charge in [-0.3, -0.25) is 4.79 Å². The molecule has 0 aliphatic rings. The Labute approximate surface area is 152 Å². The Morgan fingerprint density at radius 2 is 0.920 bits per heavy atom. The first kappa shape index (κ1) is 43.8. The van der Waals surface area contributed by atoms with Crippen LogP contribution in [0.2, 0.25) is 0 Å². The first-order valence-electron chi connectivity index (χ1n) is 6.78. The van der Waals surface area contributed by atoms with Crippen LogP contribution in [-0.2, 0) is 9.59 Å². The molecule has 0 aromatic carbocycles. The molecule has 0 aliphatic heterocycles. The summed E-state index contributed by atoms with van der Waals surface area (Å²) in [6, 6.07) is 0. The van der Waals surface area contributed by atoms with Crippen LogP contribution in [0.25, 0.3) is 0 Å². The molecule has 0 heterocycles. The van der Waals surface area contributed by atoms with E-state index in [2.05, 4.69) is 42.3 Å². The number of rotatable bonds is 4. The van der Waals surface area contributed by atoms with Gasteiger partial charge in [0.1, 0.15) is 13.1 Å². The van der Waals surface area contributed by atoms with Gasteiger partial charge in [-0.05, 0) is 6.92 Å². The molecule has 160 valence electrons. The van der Waals surface area contributed by atoms with Crippen LogP contribution < -0.4 is 5.11 Å². The number of quaternary nitrogens is 2. The minimum atomic E-state index is -1.08. The molecule has 0 aromatic rings. The van der Waals surface area contributed by atoms with Crippen molar-refractivity contribution in [3.05, 3.63) is 0 Å². The lowest BCUT2D eigenvalue weighted by molar-refractivity contribution is -0.870. The lowest BCUT2D eigenvalue weighted by Crippen LogP contribution is -2.36. The quantitative estimate of drug-likeness (QED) is 0.443. The van der Waals surface area contributed by atoms with Crippen molar-refractivity contribution in [2.75, 3.05) is 68.6 Å². The second kappa shape index (κ2) is 24.9. The number of likely N-dealkylation sites (N-methyl/N-ethyl adjacent to an activating group) is 2. The Morgan fingerprint density at radius 3 is 0.920 bits per heavy atom. The molecule has 0 bridgehead atoms. The number of carbonyl (C=O) groups excluding carboxylic acids is 1. The van der Waals surface area contributed by atoms with E-state index < -0.39 is 11.9 Å². The van der Waals surface area contributed by atoms with Crippen LogP contribution in [0.15, 0.2) is 0 Å². The average Bonchev–Trinajstić information content (AvgIpc) is 2.11. The maximum Gasteiger partial charge on any atom is 0.300 e. The van der Waals surface area contributed by atoms with E-state index in [4.69, 9.17) is 30.0 Å². The standard InChI is InChI=1S/2C5H14NO.2C2H4O2.CH4.2H2O/c2*1-6(2,3)4-5-7;2*1-2(3)4;;;/h2*7H,4-5H2,1-3H3;2*1H3,(H,3,4);1H4;2*1H2/q2*+1;;;;;/p-1. The Bertz CT molecular complexity index is 238. The summed E-state index contributed by atoms with van der Waals surface area (Å²) in [7, 11) is 12.3. The van der Waals surface area contributed by atoms with E-state index in [1.54, 1.807) is 0 Å². The third kappa shape index (κ3) is 217. The molecule has 0 fully saturated rings. The van der Waals surface area contributed by atoms with Crippen LogP contribution in [0.3, 0.4) is 0 Å². The summed E-state index contributed by atoms with van der Waals surface area (Å²) in [4.78, 5) is 17.9. The molecule has 0 spiro atoms.